The number of nitrogens with one attached hydrogen (secondary N) is 2. The number of benzene rings is 1. The van der Waals surface area contributed by atoms with Crippen molar-refractivity contribution in [1.82, 2.24) is 15.5 Å². The normalized spacial score (nSPS) is 25.4. The summed E-state index contributed by atoms with van der Waals surface area (Å²) in [6.45, 7) is 2.00. The topological polar surface area (TPSA) is 61.4 Å². The number of urea groups is 1. The quantitative estimate of drug-likeness (QED) is 0.578. The summed E-state index contributed by atoms with van der Waals surface area (Å²) in [6.07, 6.45) is -0.867. The molecule has 2 fully saturated rings. The van der Waals surface area contributed by atoms with Crippen LogP contribution in [0.2, 0.25) is 5.02 Å². The van der Waals surface area contributed by atoms with E-state index in [9.17, 15) is 27.2 Å². The lowest BCUT2D eigenvalue weighted by atomic mass is 9.91. The number of piperazine rings is 1. The molecule has 1 saturated heterocycles. The third-order valence-corrected chi connectivity index (χ3v) is 5.70. The van der Waals surface area contributed by atoms with E-state index in [1.807, 2.05) is 0 Å². The molecule has 1 heterocycles. The van der Waals surface area contributed by atoms with Gasteiger partial charge in [0.05, 0.1) is 6.04 Å². The fourth-order valence-corrected chi connectivity index (χ4v) is 3.95. The van der Waals surface area contributed by atoms with E-state index in [-0.39, 0.29) is 37.4 Å². The van der Waals surface area contributed by atoms with Gasteiger partial charge in [0.15, 0.2) is 0 Å². The largest absolute Gasteiger partial charge is 0.353 e. The van der Waals surface area contributed by atoms with E-state index in [0.717, 1.165) is 12.1 Å². The molecule has 0 unspecified atom stereocenters. The van der Waals surface area contributed by atoms with Crippen LogP contribution in [0.15, 0.2) is 12.1 Å². The smallest absolute Gasteiger partial charge is 0.318 e. The molecular weight excluding hydrogens is 402 g/mol. The minimum Gasteiger partial charge on any atom is -0.353 e. The van der Waals surface area contributed by atoms with E-state index < -0.39 is 53.0 Å². The summed E-state index contributed by atoms with van der Waals surface area (Å²) >= 11 is 5.64. The van der Waals surface area contributed by atoms with Gasteiger partial charge in [0.1, 0.15) is 22.7 Å². The van der Waals surface area contributed by atoms with Gasteiger partial charge in [-0.1, -0.05) is 17.7 Å². The van der Waals surface area contributed by atoms with Crippen molar-refractivity contribution in [1.29, 1.82) is 0 Å². The van der Waals surface area contributed by atoms with E-state index >= 15 is 0 Å². The minimum absolute atomic E-state index is 0.0580. The molecule has 0 spiro atoms. The van der Waals surface area contributed by atoms with Crippen LogP contribution in [0.1, 0.15) is 37.8 Å². The number of alkyl halides is 2. The van der Waals surface area contributed by atoms with Gasteiger partial charge in [0.2, 0.25) is 11.8 Å². The second-order valence-electron chi connectivity index (χ2n) is 7.21. The molecule has 1 aromatic rings. The maximum absolute atomic E-state index is 14.6. The standard InChI is InChI=1S/C18H20ClF4N3O2/c1-9-16(27)24-6-7-26(9)17(28)25-15(10-4-5-18(22,23)8-10)11-2-3-12(20)13(19)14(11)21/h2-3,9-10,15H,4-8H2,1H3,(H,24,27)(H,25,28)/t9-,10+,15+/m1/s1. The van der Waals surface area contributed by atoms with Crippen LogP contribution in [0.3, 0.4) is 0 Å². The van der Waals surface area contributed by atoms with E-state index in [1.165, 1.54) is 11.8 Å². The molecule has 5 nitrogen and oxygen atoms in total. The molecule has 2 aliphatic rings. The summed E-state index contributed by atoms with van der Waals surface area (Å²) < 4.78 is 55.7. The maximum atomic E-state index is 14.6. The SMILES string of the molecule is C[C@@H]1C(=O)NCCN1C(=O)N[C@H](c1ccc(F)c(Cl)c1F)[C@H]1CCC(F)(F)C1. The highest BCUT2D eigenvalue weighted by molar-refractivity contribution is 6.31. The van der Waals surface area contributed by atoms with Gasteiger partial charge in [-0.05, 0) is 25.3 Å². The number of hydrogen-bond donors (Lipinski definition) is 2. The zero-order chi connectivity index (χ0) is 20.6. The van der Waals surface area contributed by atoms with E-state index in [0.29, 0.717) is 0 Å². The number of carbonyl (C=O) groups is 2. The molecule has 3 atom stereocenters. The first-order valence-corrected chi connectivity index (χ1v) is 9.34. The van der Waals surface area contributed by atoms with Crippen LogP contribution < -0.4 is 10.6 Å². The Hall–Kier alpha value is -2.03. The fraction of sp³-hybridized carbons (Fsp3) is 0.556. The van der Waals surface area contributed by atoms with Crippen molar-refractivity contribution in [3.05, 3.63) is 34.4 Å². The molecule has 3 rings (SSSR count). The molecule has 1 aromatic carbocycles. The molecular formula is C18H20ClF4N3O2. The van der Waals surface area contributed by atoms with Gasteiger partial charge in [-0.15, -0.1) is 0 Å². The number of carbonyl (C=O) groups excluding carboxylic acids is 2. The minimum atomic E-state index is -2.92. The van der Waals surface area contributed by atoms with E-state index in [2.05, 4.69) is 10.6 Å². The summed E-state index contributed by atoms with van der Waals surface area (Å²) in [4.78, 5) is 25.8. The molecule has 1 aliphatic carbocycles. The van der Waals surface area contributed by atoms with Crippen molar-refractivity contribution in [3.63, 3.8) is 0 Å². The molecule has 0 radical (unpaired) electrons. The summed E-state index contributed by atoms with van der Waals surface area (Å²) in [7, 11) is 0. The highest BCUT2D eigenvalue weighted by Crippen LogP contribution is 2.45. The lowest BCUT2D eigenvalue weighted by molar-refractivity contribution is -0.126. The van der Waals surface area contributed by atoms with E-state index in [1.54, 1.807) is 0 Å². The van der Waals surface area contributed by atoms with Crippen LogP contribution in [0, 0.1) is 17.6 Å². The summed E-state index contributed by atoms with van der Waals surface area (Å²) in [5.74, 6) is -6.10. The molecule has 1 saturated carbocycles. The van der Waals surface area contributed by atoms with Crippen LogP contribution in [0.5, 0.6) is 0 Å². The van der Waals surface area contributed by atoms with Crippen molar-refractivity contribution < 1.29 is 27.2 Å². The Morgan fingerprint density at radius 2 is 2.11 bits per heavy atom. The third-order valence-electron chi connectivity index (χ3n) is 5.35. The Bertz CT molecular complexity index is 792. The number of hydrogen-bond acceptors (Lipinski definition) is 2. The Morgan fingerprint density at radius 1 is 1.39 bits per heavy atom. The monoisotopic (exact) mass is 421 g/mol. The number of nitrogens with zero attached hydrogens (tertiary/aromatic N) is 1. The number of amides is 3. The first kappa shape index (κ1) is 20.7. The molecule has 28 heavy (non-hydrogen) atoms. The van der Waals surface area contributed by atoms with Crippen molar-refractivity contribution in [2.24, 2.45) is 5.92 Å². The third kappa shape index (κ3) is 4.04. The lowest BCUT2D eigenvalue weighted by Crippen LogP contribution is -2.58. The van der Waals surface area contributed by atoms with E-state index in [4.69, 9.17) is 11.6 Å². The van der Waals surface area contributed by atoms with Crippen LogP contribution >= 0.6 is 11.6 Å². The van der Waals surface area contributed by atoms with Gasteiger partial charge in [0.25, 0.3) is 0 Å². The Balaban J connectivity index is 1.90. The molecule has 154 valence electrons. The Morgan fingerprint density at radius 3 is 2.75 bits per heavy atom. The maximum Gasteiger partial charge on any atom is 0.318 e. The molecule has 3 amide bonds. The van der Waals surface area contributed by atoms with Crippen molar-refractivity contribution in [2.45, 2.75) is 44.2 Å². The summed E-state index contributed by atoms with van der Waals surface area (Å²) in [5.41, 5.74) is -0.156. The van der Waals surface area contributed by atoms with Gasteiger partial charge in [0, 0.05) is 31.5 Å². The number of halogens is 5. The average Bonchev–Trinajstić information content (AvgIpc) is 3.00. The van der Waals surface area contributed by atoms with Crippen molar-refractivity contribution in [3.8, 4) is 0 Å². The molecule has 2 N–H and O–H groups in total. The first-order chi connectivity index (χ1) is 13.1. The van der Waals surface area contributed by atoms with Gasteiger partial charge < -0.3 is 15.5 Å². The zero-order valence-corrected chi connectivity index (χ0v) is 15.8. The average molecular weight is 422 g/mol. The first-order valence-electron chi connectivity index (χ1n) is 8.97. The lowest BCUT2D eigenvalue weighted by Gasteiger charge is -2.35. The Kier molecular flexibility index (Phi) is 5.74. The second kappa shape index (κ2) is 7.77. The molecule has 10 heteroatoms. The Labute approximate surface area is 164 Å². The summed E-state index contributed by atoms with van der Waals surface area (Å²) in [6, 6.07) is -0.534. The van der Waals surface area contributed by atoms with Crippen LogP contribution in [-0.4, -0.2) is 41.9 Å². The van der Waals surface area contributed by atoms with Crippen molar-refractivity contribution >= 4 is 23.5 Å². The van der Waals surface area contributed by atoms with Crippen LogP contribution in [0.25, 0.3) is 0 Å². The van der Waals surface area contributed by atoms with Gasteiger partial charge in [-0.2, -0.15) is 0 Å². The van der Waals surface area contributed by atoms with Crippen LogP contribution in [0.4, 0.5) is 22.4 Å². The number of rotatable bonds is 3. The van der Waals surface area contributed by atoms with Gasteiger partial charge >= 0.3 is 6.03 Å². The van der Waals surface area contributed by atoms with Crippen LogP contribution in [-0.2, 0) is 4.79 Å². The predicted octanol–water partition coefficient (Wildman–Crippen LogP) is 3.62. The second-order valence-corrected chi connectivity index (χ2v) is 7.59. The molecule has 1 aliphatic heterocycles. The van der Waals surface area contributed by atoms with Gasteiger partial charge in [-0.3, -0.25) is 4.79 Å². The molecule has 0 aromatic heterocycles. The zero-order valence-electron chi connectivity index (χ0n) is 15.1. The molecule has 0 bridgehead atoms. The fourth-order valence-electron chi connectivity index (χ4n) is 3.78. The summed E-state index contributed by atoms with van der Waals surface area (Å²) in [5, 5.41) is 4.43. The van der Waals surface area contributed by atoms with Crippen molar-refractivity contribution in [2.75, 3.05) is 13.1 Å². The predicted molar refractivity (Wildman–Crippen MR) is 94.1 cm³/mol. The van der Waals surface area contributed by atoms with Gasteiger partial charge in [-0.25, -0.2) is 22.4 Å². The highest BCUT2D eigenvalue weighted by atomic mass is 35.5. The highest BCUT2D eigenvalue weighted by Gasteiger charge is 2.44.